The van der Waals surface area contributed by atoms with Gasteiger partial charge in [0.2, 0.25) is 11.9 Å². The molecule has 0 amide bonds. The van der Waals surface area contributed by atoms with Gasteiger partial charge in [-0.05, 0) is 12.8 Å². The average molecular weight is 461 g/mol. The number of nitrogens with two attached hydrogens (primary N) is 6. The monoisotopic (exact) mass is 460 g/mol. The molecule has 14 heteroatoms. The minimum absolute atomic E-state index is 0.0611. The number of carboxylic acid groups (broad SMARTS) is 2. The van der Waals surface area contributed by atoms with Crippen LogP contribution < -0.4 is 34.4 Å². The van der Waals surface area contributed by atoms with Crippen molar-refractivity contribution in [2.75, 3.05) is 13.1 Å². The fourth-order valence-electron chi connectivity index (χ4n) is 2.36. The lowest BCUT2D eigenvalue weighted by atomic mass is 10.1. The molecule has 0 spiro atoms. The molecule has 0 saturated heterocycles. The van der Waals surface area contributed by atoms with Gasteiger partial charge in [-0.15, -0.1) is 0 Å². The van der Waals surface area contributed by atoms with Gasteiger partial charge in [-0.1, -0.05) is 51.4 Å². The summed E-state index contributed by atoms with van der Waals surface area (Å²) in [6.07, 6.45) is 11.8. The molecule has 0 aromatic heterocycles. The highest BCUT2D eigenvalue weighted by Gasteiger charge is 1.95. The average Bonchev–Trinajstić information content (AvgIpc) is 2.68. The minimum atomic E-state index is -0.250. The molecule has 0 aromatic carbocycles. The topological polar surface area (TPSA) is 280 Å². The van der Waals surface area contributed by atoms with Crippen LogP contribution in [0, 0.1) is 0 Å². The first-order chi connectivity index (χ1) is 15.2. The fourth-order valence-corrected chi connectivity index (χ4v) is 2.36. The molecule has 14 N–H and O–H groups in total. The van der Waals surface area contributed by atoms with E-state index < -0.39 is 0 Å². The predicted octanol–water partition coefficient (Wildman–Crippen LogP) is -0.535. The molecule has 0 saturated carbocycles. The van der Waals surface area contributed by atoms with Crippen LogP contribution in [0.3, 0.4) is 0 Å². The molecular formula is C18H40N10O4. The first kappa shape index (κ1) is 33.1. The summed E-state index contributed by atoms with van der Waals surface area (Å²) in [5.41, 5.74) is 31.9. The Morgan fingerprint density at radius 3 is 0.969 bits per heavy atom. The number of hydrogen-bond donors (Lipinski definition) is 8. The number of aliphatic imine (C=N–C) groups is 4. The smallest absolute Gasteiger partial charge is 0.290 e. The molecule has 0 heterocycles. The van der Waals surface area contributed by atoms with Crippen LogP contribution in [-0.2, 0) is 9.59 Å². The van der Waals surface area contributed by atoms with Crippen molar-refractivity contribution in [1.82, 2.24) is 0 Å². The van der Waals surface area contributed by atoms with Gasteiger partial charge in [0.1, 0.15) is 0 Å². The highest BCUT2D eigenvalue weighted by molar-refractivity contribution is 5.92. The number of carbonyl (C=O) groups is 2. The molecule has 0 aliphatic carbocycles. The highest BCUT2D eigenvalue weighted by atomic mass is 16.3. The van der Waals surface area contributed by atoms with E-state index in [1.54, 1.807) is 0 Å². The number of unbranched alkanes of at least 4 members (excludes halogenated alkanes) is 9. The highest BCUT2D eigenvalue weighted by Crippen LogP contribution is 2.10. The Kier molecular flexibility index (Phi) is 28.3. The molecule has 0 radical (unpaired) electrons. The summed E-state index contributed by atoms with van der Waals surface area (Å²) < 4.78 is 0. The third-order valence-electron chi connectivity index (χ3n) is 3.60. The van der Waals surface area contributed by atoms with Crippen molar-refractivity contribution < 1.29 is 19.8 Å². The third kappa shape index (κ3) is 37.2. The second kappa shape index (κ2) is 27.4. The maximum absolute atomic E-state index is 8.36. The lowest BCUT2D eigenvalue weighted by Crippen LogP contribution is -2.26. The Bertz CT molecular complexity index is 522. The summed E-state index contributed by atoms with van der Waals surface area (Å²) in [6, 6.07) is 0. The summed E-state index contributed by atoms with van der Waals surface area (Å²) in [7, 11) is 0. The largest absolute Gasteiger partial charge is 0.483 e. The van der Waals surface area contributed by atoms with Crippen LogP contribution in [0.4, 0.5) is 0 Å². The molecular weight excluding hydrogens is 420 g/mol. The van der Waals surface area contributed by atoms with Gasteiger partial charge in [0.05, 0.1) is 0 Å². The van der Waals surface area contributed by atoms with E-state index in [2.05, 4.69) is 20.0 Å². The second-order valence-corrected chi connectivity index (χ2v) is 6.30. The summed E-state index contributed by atoms with van der Waals surface area (Å²) in [5, 5.41) is 13.8. The SMILES string of the molecule is NC(N)=NC(N)=NCCCCCCCCCCCCN=C(N)N=C(N)N.O=CO.O=CO. The van der Waals surface area contributed by atoms with Crippen molar-refractivity contribution in [3.05, 3.63) is 0 Å². The van der Waals surface area contributed by atoms with E-state index in [0.29, 0.717) is 13.1 Å². The molecule has 0 unspecified atom stereocenters. The number of guanidine groups is 4. The molecule has 0 aromatic rings. The van der Waals surface area contributed by atoms with Crippen LogP contribution in [0.1, 0.15) is 64.2 Å². The molecule has 0 fully saturated rings. The van der Waals surface area contributed by atoms with Gasteiger partial charge in [-0.25, -0.2) is 0 Å². The molecule has 0 aliphatic heterocycles. The van der Waals surface area contributed by atoms with Crippen molar-refractivity contribution in [3.63, 3.8) is 0 Å². The van der Waals surface area contributed by atoms with Crippen LogP contribution in [0.5, 0.6) is 0 Å². The van der Waals surface area contributed by atoms with Gasteiger partial charge >= 0.3 is 0 Å². The quantitative estimate of drug-likeness (QED) is 0.0751. The second-order valence-electron chi connectivity index (χ2n) is 6.30. The van der Waals surface area contributed by atoms with Crippen LogP contribution in [0.2, 0.25) is 0 Å². The minimum Gasteiger partial charge on any atom is -0.483 e. The number of nitrogens with zero attached hydrogens (tertiary/aromatic N) is 4. The zero-order chi connectivity index (χ0) is 25.0. The van der Waals surface area contributed by atoms with E-state index in [1.165, 1.54) is 38.5 Å². The zero-order valence-corrected chi connectivity index (χ0v) is 18.6. The Morgan fingerprint density at radius 1 is 0.531 bits per heavy atom. The Morgan fingerprint density at radius 2 is 0.750 bits per heavy atom. The fraction of sp³-hybridized carbons (Fsp3) is 0.667. The van der Waals surface area contributed by atoms with Gasteiger partial charge in [-0.2, -0.15) is 9.98 Å². The lowest BCUT2D eigenvalue weighted by Gasteiger charge is -2.02. The summed E-state index contributed by atoms with van der Waals surface area (Å²) >= 11 is 0. The van der Waals surface area contributed by atoms with Crippen LogP contribution in [0.15, 0.2) is 20.0 Å². The van der Waals surface area contributed by atoms with E-state index in [0.717, 1.165) is 25.7 Å². The van der Waals surface area contributed by atoms with Gasteiger partial charge < -0.3 is 44.6 Å². The normalized spacial score (nSPS) is 10.5. The Hall–Kier alpha value is -3.58. The molecule has 186 valence electrons. The van der Waals surface area contributed by atoms with Gasteiger partial charge in [0.25, 0.3) is 12.9 Å². The first-order valence-corrected chi connectivity index (χ1v) is 10.2. The van der Waals surface area contributed by atoms with Gasteiger partial charge in [0.15, 0.2) is 11.9 Å². The maximum atomic E-state index is 8.36. The van der Waals surface area contributed by atoms with Gasteiger partial charge in [-0.3, -0.25) is 19.6 Å². The van der Waals surface area contributed by atoms with E-state index in [9.17, 15) is 0 Å². The zero-order valence-electron chi connectivity index (χ0n) is 18.6. The molecule has 14 nitrogen and oxygen atoms in total. The van der Waals surface area contributed by atoms with Crippen LogP contribution in [0.25, 0.3) is 0 Å². The summed E-state index contributed by atoms with van der Waals surface area (Å²) in [4.78, 5) is 32.2. The number of hydrogen-bond acceptors (Lipinski definition) is 4. The predicted molar refractivity (Wildman–Crippen MR) is 128 cm³/mol. The Labute approximate surface area is 188 Å². The van der Waals surface area contributed by atoms with E-state index >= 15 is 0 Å². The molecule has 0 atom stereocenters. The van der Waals surface area contributed by atoms with Crippen LogP contribution in [-0.4, -0.2) is 60.1 Å². The Balaban J connectivity index is -0.00000125. The summed E-state index contributed by atoms with van der Waals surface area (Å²) in [6.45, 7) is 0.831. The van der Waals surface area contributed by atoms with Crippen molar-refractivity contribution in [3.8, 4) is 0 Å². The lowest BCUT2D eigenvalue weighted by molar-refractivity contribution is -0.123. The molecule has 0 rings (SSSR count). The molecule has 32 heavy (non-hydrogen) atoms. The van der Waals surface area contributed by atoms with Crippen molar-refractivity contribution in [2.24, 2.45) is 54.4 Å². The van der Waals surface area contributed by atoms with E-state index in [-0.39, 0.29) is 36.8 Å². The van der Waals surface area contributed by atoms with E-state index in [4.69, 9.17) is 54.2 Å². The van der Waals surface area contributed by atoms with Crippen LogP contribution >= 0.6 is 0 Å². The first-order valence-electron chi connectivity index (χ1n) is 10.2. The molecule has 0 bridgehead atoms. The van der Waals surface area contributed by atoms with Gasteiger partial charge in [0, 0.05) is 13.1 Å². The number of rotatable bonds is 13. The standard InChI is InChI=1S/C16H36N10.2CH2O2/c17-13(18)25-15(21)23-11-9-7-5-3-1-2-4-6-8-10-12-24-16(22)26-14(19)20;2*2-1-3/h1-12H2,(H6,17,18,21,23,25)(H6,19,20,22,24,26);2*1H,(H,2,3). The third-order valence-corrected chi connectivity index (χ3v) is 3.60. The van der Waals surface area contributed by atoms with Crippen molar-refractivity contribution in [1.29, 1.82) is 0 Å². The van der Waals surface area contributed by atoms with E-state index in [1.807, 2.05) is 0 Å². The molecule has 0 aliphatic rings. The maximum Gasteiger partial charge on any atom is 0.290 e. The van der Waals surface area contributed by atoms with Crippen molar-refractivity contribution >= 4 is 36.8 Å². The van der Waals surface area contributed by atoms with Crippen molar-refractivity contribution in [2.45, 2.75) is 64.2 Å². The summed E-state index contributed by atoms with van der Waals surface area (Å²) in [5.74, 6) is 0.173.